The van der Waals surface area contributed by atoms with Gasteiger partial charge in [-0.3, -0.25) is 9.69 Å². The molecule has 2 aromatic rings. The third-order valence-corrected chi connectivity index (χ3v) is 8.54. The predicted molar refractivity (Wildman–Crippen MR) is 129 cm³/mol. The van der Waals surface area contributed by atoms with Gasteiger partial charge in [-0.25, -0.2) is 8.42 Å². The van der Waals surface area contributed by atoms with Crippen molar-refractivity contribution in [3.05, 3.63) is 59.2 Å². The highest BCUT2D eigenvalue weighted by atomic mass is 32.2. The quantitative estimate of drug-likeness (QED) is 0.700. The van der Waals surface area contributed by atoms with Gasteiger partial charge in [0.15, 0.2) is 0 Å². The van der Waals surface area contributed by atoms with Gasteiger partial charge in [-0.2, -0.15) is 4.31 Å². The molecule has 1 N–H and O–H groups in total. The number of rotatable bonds is 6. The number of carbonyl (C=O) groups is 1. The Hall–Kier alpha value is -2.26. The minimum atomic E-state index is -3.55. The molecule has 2 aromatic carbocycles. The lowest BCUT2D eigenvalue weighted by atomic mass is 9.97. The van der Waals surface area contributed by atoms with Gasteiger partial charge in [-0.1, -0.05) is 29.8 Å². The molecule has 0 saturated carbocycles. The van der Waals surface area contributed by atoms with E-state index in [1.54, 1.807) is 6.07 Å². The summed E-state index contributed by atoms with van der Waals surface area (Å²) in [6, 6.07) is 13.4. The summed E-state index contributed by atoms with van der Waals surface area (Å²) in [6.07, 6.45) is 1.03. The Kier molecular flexibility index (Phi) is 7.48. The molecule has 0 aromatic heterocycles. The molecule has 33 heavy (non-hydrogen) atoms. The Morgan fingerprint density at radius 2 is 1.76 bits per heavy atom. The second-order valence-corrected chi connectivity index (χ2v) is 10.9. The van der Waals surface area contributed by atoms with Crippen LogP contribution in [0.2, 0.25) is 0 Å². The number of sulfonamides is 1. The van der Waals surface area contributed by atoms with Crippen LogP contribution in [0.5, 0.6) is 0 Å². The standard InChI is InChI=1S/C25H33N3O4S/c1-19-6-7-24(20(2)16-19)33(30,31)28-10-8-22(9-11-28)25(29)26-23-5-3-4-21(17-23)18-27-12-14-32-15-13-27/h3-7,16-17,22H,8-15,18H2,1-2H3,(H,26,29). The van der Waals surface area contributed by atoms with Crippen LogP contribution in [-0.2, 0) is 26.1 Å². The van der Waals surface area contributed by atoms with E-state index in [0.717, 1.165) is 55.2 Å². The first kappa shape index (κ1) is 23.9. The van der Waals surface area contributed by atoms with Crippen LogP contribution in [0.3, 0.4) is 0 Å². The van der Waals surface area contributed by atoms with Crippen LogP contribution >= 0.6 is 0 Å². The molecule has 2 heterocycles. The molecule has 0 aliphatic carbocycles. The molecule has 0 spiro atoms. The number of piperidine rings is 1. The molecule has 0 bridgehead atoms. The maximum atomic E-state index is 13.1. The van der Waals surface area contributed by atoms with Gasteiger partial charge in [-0.05, 0) is 56.0 Å². The first-order valence-electron chi connectivity index (χ1n) is 11.6. The van der Waals surface area contributed by atoms with Gasteiger partial charge in [0.1, 0.15) is 0 Å². The number of aryl methyl sites for hydroxylation is 2. The van der Waals surface area contributed by atoms with E-state index >= 15 is 0 Å². The van der Waals surface area contributed by atoms with E-state index in [0.29, 0.717) is 30.8 Å². The summed E-state index contributed by atoms with van der Waals surface area (Å²) >= 11 is 0. The largest absolute Gasteiger partial charge is 0.379 e. The number of carbonyl (C=O) groups excluding carboxylic acids is 1. The summed E-state index contributed by atoms with van der Waals surface area (Å²) in [5.74, 6) is -0.236. The molecule has 7 nitrogen and oxygen atoms in total. The van der Waals surface area contributed by atoms with Crippen molar-refractivity contribution in [2.24, 2.45) is 5.92 Å². The summed E-state index contributed by atoms with van der Waals surface area (Å²) in [6.45, 7) is 8.67. The van der Waals surface area contributed by atoms with E-state index in [4.69, 9.17) is 4.74 Å². The predicted octanol–water partition coefficient (Wildman–Crippen LogP) is 3.18. The molecule has 178 valence electrons. The fourth-order valence-corrected chi connectivity index (χ4v) is 6.27. The third kappa shape index (κ3) is 5.81. The molecule has 1 amide bonds. The summed E-state index contributed by atoms with van der Waals surface area (Å²) in [5.41, 5.74) is 3.74. The van der Waals surface area contributed by atoms with Gasteiger partial charge in [0, 0.05) is 44.3 Å². The fourth-order valence-electron chi connectivity index (χ4n) is 4.60. The number of anilines is 1. The first-order valence-corrected chi connectivity index (χ1v) is 13.0. The van der Waals surface area contributed by atoms with Crippen molar-refractivity contribution in [2.75, 3.05) is 44.7 Å². The van der Waals surface area contributed by atoms with Crippen LogP contribution < -0.4 is 5.32 Å². The van der Waals surface area contributed by atoms with Crippen LogP contribution in [0.4, 0.5) is 5.69 Å². The van der Waals surface area contributed by atoms with E-state index in [9.17, 15) is 13.2 Å². The average Bonchev–Trinajstić information content (AvgIpc) is 2.80. The lowest BCUT2D eigenvalue weighted by molar-refractivity contribution is -0.120. The van der Waals surface area contributed by atoms with E-state index in [-0.39, 0.29) is 11.8 Å². The zero-order valence-electron chi connectivity index (χ0n) is 19.4. The second-order valence-electron chi connectivity index (χ2n) is 9.03. The zero-order valence-corrected chi connectivity index (χ0v) is 20.2. The van der Waals surface area contributed by atoms with Gasteiger partial charge >= 0.3 is 0 Å². The van der Waals surface area contributed by atoms with Crippen molar-refractivity contribution in [3.8, 4) is 0 Å². The minimum Gasteiger partial charge on any atom is -0.379 e. The van der Waals surface area contributed by atoms with Crippen molar-refractivity contribution in [3.63, 3.8) is 0 Å². The van der Waals surface area contributed by atoms with Crippen molar-refractivity contribution in [2.45, 2.75) is 38.1 Å². The second kappa shape index (κ2) is 10.3. The first-order chi connectivity index (χ1) is 15.8. The number of morpholine rings is 1. The molecule has 2 fully saturated rings. The number of hydrogen-bond acceptors (Lipinski definition) is 5. The van der Waals surface area contributed by atoms with Crippen LogP contribution in [0.15, 0.2) is 47.4 Å². The Balaban J connectivity index is 1.33. The number of benzene rings is 2. The van der Waals surface area contributed by atoms with Crippen LogP contribution in [0.1, 0.15) is 29.5 Å². The number of nitrogens with zero attached hydrogens (tertiary/aromatic N) is 2. The number of hydrogen-bond donors (Lipinski definition) is 1. The zero-order chi connectivity index (χ0) is 23.4. The maximum absolute atomic E-state index is 13.1. The van der Waals surface area contributed by atoms with Crippen molar-refractivity contribution >= 4 is 21.6 Å². The van der Waals surface area contributed by atoms with Crippen molar-refractivity contribution in [1.29, 1.82) is 0 Å². The SMILES string of the molecule is Cc1ccc(S(=O)(=O)N2CCC(C(=O)Nc3cccc(CN4CCOCC4)c3)CC2)c(C)c1. The van der Waals surface area contributed by atoms with Gasteiger partial charge in [0.2, 0.25) is 15.9 Å². The Labute approximate surface area is 196 Å². The molecule has 2 aliphatic heterocycles. The molecule has 0 atom stereocenters. The lowest BCUT2D eigenvalue weighted by Gasteiger charge is -2.31. The number of amides is 1. The van der Waals surface area contributed by atoms with E-state index in [1.807, 2.05) is 44.2 Å². The summed E-state index contributed by atoms with van der Waals surface area (Å²) < 4.78 is 33.1. The number of ether oxygens (including phenoxy) is 1. The highest BCUT2D eigenvalue weighted by Crippen LogP contribution is 2.27. The van der Waals surface area contributed by atoms with Gasteiger partial charge in [-0.15, -0.1) is 0 Å². The topological polar surface area (TPSA) is 79.0 Å². The highest BCUT2D eigenvalue weighted by Gasteiger charge is 2.32. The van der Waals surface area contributed by atoms with E-state index in [2.05, 4.69) is 16.3 Å². The molecule has 2 aliphatic rings. The lowest BCUT2D eigenvalue weighted by Crippen LogP contribution is -2.41. The van der Waals surface area contributed by atoms with E-state index in [1.165, 1.54) is 4.31 Å². The molecule has 4 rings (SSSR count). The molecular formula is C25H33N3O4S. The van der Waals surface area contributed by atoms with Gasteiger partial charge in [0.05, 0.1) is 18.1 Å². The maximum Gasteiger partial charge on any atom is 0.243 e. The third-order valence-electron chi connectivity index (χ3n) is 6.48. The Morgan fingerprint density at radius 3 is 2.45 bits per heavy atom. The molecule has 0 radical (unpaired) electrons. The molecular weight excluding hydrogens is 438 g/mol. The minimum absolute atomic E-state index is 0.0397. The fraction of sp³-hybridized carbons (Fsp3) is 0.480. The van der Waals surface area contributed by atoms with Gasteiger partial charge < -0.3 is 10.1 Å². The highest BCUT2D eigenvalue weighted by molar-refractivity contribution is 7.89. The normalized spacial score (nSPS) is 18.8. The Bertz CT molecular complexity index is 1090. The molecule has 8 heteroatoms. The van der Waals surface area contributed by atoms with Crippen LogP contribution in [0.25, 0.3) is 0 Å². The average molecular weight is 472 g/mol. The van der Waals surface area contributed by atoms with Gasteiger partial charge in [0.25, 0.3) is 0 Å². The monoisotopic (exact) mass is 471 g/mol. The Morgan fingerprint density at radius 1 is 1.03 bits per heavy atom. The molecule has 0 unspecified atom stereocenters. The van der Waals surface area contributed by atoms with Crippen LogP contribution in [0, 0.1) is 19.8 Å². The van der Waals surface area contributed by atoms with Crippen LogP contribution in [-0.4, -0.2) is 62.9 Å². The molecule has 2 saturated heterocycles. The summed E-state index contributed by atoms with van der Waals surface area (Å²) in [7, 11) is -3.55. The van der Waals surface area contributed by atoms with E-state index < -0.39 is 10.0 Å². The summed E-state index contributed by atoms with van der Waals surface area (Å²) in [5, 5.41) is 3.04. The summed E-state index contributed by atoms with van der Waals surface area (Å²) in [4.78, 5) is 15.6. The number of nitrogens with one attached hydrogen (secondary N) is 1. The van der Waals surface area contributed by atoms with Crippen molar-refractivity contribution < 1.29 is 17.9 Å². The smallest absolute Gasteiger partial charge is 0.243 e. The van der Waals surface area contributed by atoms with Crippen molar-refractivity contribution in [1.82, 2.24) is 9.21 Å².